The van der Waals surface area contributed by atoms with Gasteiger partial charge in [-0.15, -0.1) is 0 Å². The fourth-order valence-electron chi connectivity index (χ4n) is 2.61. The molecule has 2 heterocycles. The van der Waals surface area contributed by atoms with Gasteiger partial charge >= 0.3 is 5.69 Å². The first-order valence-electron chi connectivity index (χ1n) is 7.26. The first-order chi connectivity index (χ1) is 10.1. The average molecular weight is 332 g/mol. The van der Waals surface area contributed by atoms with Crippen LogP contribution in [-0.4, -0.2) is 41.3 Å². The Labute approximate surface area is 128 Å². The van der Waals surface area contributed by atoms with Crippen LogP contribution in [0.4, 0.5) is 4.39 Å². The average Bonchev–Trinajstić information content (AvgIpc) is 2.68. The summed E-state index contributed by atoms with van der Waals surface area (Å²) in [6.45, 7) is 6.64. The van der Waals surface area contributed by atoms with Crippen molar-refractivity contribution in [2.24, 2.45) is 5.92 Å². The van der Waals surface area contributed by atoms with E-state index in [4.69, 9.17) is 4.74 Å². The van der Waals surface area contributed by atoms with E-state index in [-0.39, 0.29) is 0 Å². The van der Waals surface area contributed by atoms with E-state index >= 15 is 0 Å². The number of aromatic amines is 1. The molecule has 0 bridgehead atoms. The Balaban J connectivity index is 2.23. The van der Waals surface area contributed by atoms with Crippen LogP contribution in [0.25, 0.3) is 0 Å². The zero-order valence-corrected chi connectivity index (χ0v) is 14.1. The molecule has 1 fully saturated rings. The van der Waals surface area contributed by atoms with E-state index in [1.165, 1.54) is 6.20 Å². The Bertz CT molecular complexity index is 708. The lowest BCUT2D eigenvalue weighted by molar-refractivity contribution is -0.0234. The number of H-pyrrole nitrogens is 1. The molecule has 0 amide bonds. The number of nitrogens with zero attached hydrogens (tertiary/aromatic N) is 1. The molecular weight excluding hydrogens is 310 g/mol. The van der Waals surface area contributed by atoms with Crippen LogP contribution in [0.15, 0.2) is 15.8 Å². The van der Waals surface area contributed by atoms with Crippen molar-refractivity contribution in [3.05, 3.63) is 32.6 Å². The van der Waals surface area contributed by atoms with E-state index in [0.717, 1.165) is 4.57 Å². The molecule has 0 unspecified atom stereocenters. The highest BCUT2D eigenvalue weighted by Gasteiger charge is 2.43. The molecule has 1 N–H and O–H groups in total. The van der Waals surface area contributed by atoms with Crippen molar-refractivity contribution in [1.82, 2.24) is 9.55 Å². The van der Waals surface area contributed by atoms with Crippen molar-refractivity contribution in [2.75, 3.05) is 19.5 Å². The number of nitrogens with one attached hydrogen (secondary N) is 1. The third kappa shape index (κ3) is 3.58. The van der Waals surface area contributed by atoms with E-state index in [9.17, 15) is 18.5 Å². The number of ether oxygens (including phenoxy) is 1. The summed E-state index contributed by atoms with van der Waals surface area (Å²) >= 11 is 0. The van der Waals surface area contributed by atoms with Gasteiger partial charge in [-0.3, -0.25) is 14.3 Å². The number of aryl methyl sites for hydroxylation is 1. The smallest absolute Gasteiger partial charge is 0.330 e. The van der Waals surface area contributed by atoms with E-state index in [1.807, 2.05) is 0 Å². The van der Waals surface area contributed by atoms with Gasteiger partial charge in [-0.1, -0.05) is 6.92 Å². The predicted octanol–water partition coefficient (Wildman–Crippen LogP) is 1.73. The van der Waals surface area contributed by atoms with Crippen LogP contribution in [0.3, 0.4) is 0 Å². The molecule has 0 aromatic carbocycles. The first kappa shape index (κ1) is 17.2. The molecule has 6 nitrogen and oxygen atoms in total. The zero-order chi connectivity index (χ0) is 16.7. The quantitative estimate of drug-likeness (QED) is 0.852. The fourth-order valence-corrected chi connectivity index (χ4v) is 3.48. The van der Waals surface area contributed by atoms with Crippen LogP contribution in [0, 0.1) is 12.8 Å². The Hall–Kier alpha value is -1.20. The van der Waals surface area contributed by atoms with Gasteiger partial charge in [-0.25, -0.2) is 9.18 Å². The zero-order valence-electron chi connectivity index (χ0n) is 13.2. The van der Waals surface area contributed by atoms with Crippen molar-refractivity contribution in [3.8, 4) is 0 Å². The number of rotatable bonds is 4. The van der Waals surface area contributed by atoms with Gasteiger partial charge in [-0.05, 0) is 26.7 Å². The predicted molar refractivity (Wildman–Crippen MR) is 83.0 cm³/mol. The molecule has 0 aliphatic carbocycles. The van der Waals surface area contributed by atoms with Gasteiger partial charge in [0.2, 0.25) is 0 Å². The number of alkyl halides is 1. The summed E-state index contributed by atoms with van der Waals surface area (Å²) < 4.78 is 33.1. The minimum absolute atomic E-state index is 0.318. The first-order valence-corrected chi connectivity index (χ1v) is 10.0. The minimum atomic E-state index is -2.20. The molecule has 0 spiro atoms. The molecule has 1 aliphatic rings. The molecule has 22 heavy (non-hydrogen) atoms. The highest BCUT2D eigenvalue weighted by Crippen LogP contribution is 2.42. The molecule has 124 valence electrons. The van der Waals surface area contributed by atoms with E-state index in [1.54, 1.807) is 27.2 Å². The third-order valence-corrected chi connectivity index (χ3v) is 5.38. The van der Waals surface area contributed by atoms with Gasteiger partial charge in [0.05, 0.1) is 13.2 Å². The maximum absolute atomic E-state index is 14.5. The van der Waals surface area contributed by atoms with Gasteiger partial charge < -0.3 is 9.30 Å². The van der Waals surface area contributed by atoms with Crippen molar-refractivity contribution in [2.45, 2.75) is 38.8 Å². The number of hydrogen-bond acceptors (Lipinski definition) is 4. The molecule has 1 aromatic heterocycles. The second kappa shape index (κ2) is 6.13. The van der Waals surface area contributed by atoms with Gasteiger partial charge in [0.25, 0.3) is 5.56 Å². The highest BCUT2D eigenvalue weighted by molar-refractivity contribution is 7.62. The Morgan fingerprint density at radius 1 is 1.41 bits per heavy atom. The maximum Gasteiger partial charge on any atom is 0.330 e. The molecule has 1 saturated heterocycles. The highest BCUT2D eigenvalue weighted by atomic mass is 31.2. The van der Waals surface area contributed by atoms with Crippen molar-refractivity contribution >= 4 is 7.14 Å². The van der Waals surface area contributed by atoms with Crippen molar-refractivity contribution < 1.29 is 13.7 Å². The Morgan fingerprint density at radius 2 is 2.05 bits per heavy atom. The number of halogens is 1. The lowest BCUT2D eigenvalue weighted by atomic mass is 10.00. The van der Waals surface area contributed by atoms with E-state index < -0.39 is 42.8 Å². The second-order valence-corrected chi connectivity index (χ2v) is 10.0. The molecule has 1 aliphatic heterocycles. The van der Waals surface area contributed by atoms with Crippen LogP contribution >= 0.6 is 7.14 Å². The lowest BCUT2D eigenvalue weighted by Gasteiger charge is -2.17. The monoisotopic (exact) mass is 332 g/mol. The lowest BCUT2D eigenvalue weighted by Crippen LogP contribution is -2.36. The van der Waals surface area contributed by atoms with Crippen LogP contribution in [0.5, 0.6) is 0 Å². The molecular formula is C14H22FN2O4P. The topological polar surface area (TPSA) is 81.2 Å². The van der Waals surface area contributed by atoms with Crippen LogP contribution in [-0.2, 0) is 9.30 Å². The maximum atomic E-state index is 14.5. The second-order valence-electron chi connectivity index (χ2n) is 6.43. The van der Waals surface area contributed by atoms with Crippen LogP contribution in [0.1, 0.15) is 25.1 Å². The summed E-state index contributed by atoms with van der Waals surface area (Å²) in [5, 5.41) is 0. The Morgan fingerprint density at radius 3 is 2.64 bits per heavy atom. The number of aromatic nitrogens is 2. The summed E-state index contributed by atoms with van der Waals surface area (Å²) in [7, 11) is -2.20. The van der Waals surface area contributed by atoms with Gasteiger partial charge in [0, 0.05) is 23.8 Å². The van der Waals surface area contributed by atoms with E-state index in [2.05, 4.69) is 4.98 Å². The summed E-state index contributed by atoms with van der Waals surface area (Å²) in [6.07, 6.45) is -0.539. The largest absolute Gasteiger partial charge is 0.351 e. The minimum Gasteiger partial charge on any atom is -0.351 e. The van der Waals surface area contributed by atoms with Gasteiger partial charge in [0.1, 0.15) is 0 Å². The van der Waals surface area contributed by atoms with Crippen molar-refractivity contribution in [3.63, 3.8) is 0 Å². The normalized spacial score (nSPS) is 29.0. The molecule has 4 atom stereocenters. The van der Waals surface area contributed by atoms with Crippen LogP contribution < -0.4 is 11.2 Å². The summed E-state index contributed by atoms with van der Waals surface area (Å²) in [5.41, 5.74) is -0.858. The molecule has 1 aromatic rings. The molecule has 2 rings (SSSR count). The molecule has 0 radical (unpaired) electrons. The third-order valence-electron chi connectivity index (χ3n) is 4.05. The van der Waals surface area contributed by atoms with Gasteiger partial charge in [-0.2, -0.15) is 0 Å². The standard InChI is InChI=1S/C14H22FN2O4P/c1-8-7-17(14(19)16-12(8)18)13-11(15)9(2)10(21-13)5-6-22(3,4)20/h7,9-11,13H,5-6H2,1-4H3,(H,16,18,19)/t9-,10-,11-,13-/m1/s1. The van der Waals surface area contributed by atoms with Crippen LogP contribution in [0.2, 0.25) is 0 Å². The fraction of sp³-hybridized carbons (Fsp3) is 0.714. The SMILES string of the molecule is Cc1cn([C@@H]2O[C@H](CCP(C)(C)=O)[C@@H](C)[C@H]2F)c(=O)[nH]c1=O. The molecule has 8 heteroatoms. The Kier molecular flexibility index (Phi) is 4.78. The summed E-state index contributed by atoms with van der Waals surface area (Å²) in [5.74, 6) is -0.407. The van der Waals surface area contributed by atoms with Gasteiger partial charge in [0.15, 0.2) is 12.4 Å². The van der Waals surface area contributed by atoms with Crippen molar-refractivity contribution in [1.29, 1.82) is 0 Å². The summed E-state index contributed by atoms with van der Waals surface area (Å²) in [6, 6.07) is 0. The summed E-state index contributed by atoms with van der Waals surface area (Å²) in [4.78, 5) is 25.4. The number of hydrogen-bond donors (Lipinski definition) is 1. The van der Waals surface area contributed by atoms with E-state index in [0.29, 0.717) is 18.1 Å². The molecule has 0 saturated carbocycles.